The summed E-state index contributed by atoms with van der Waals surface area (Å²) in [7, 11) is -2.54. The van der Waals surface area contributed by atoms with Gasteiger partial charge in [-0.05, 0) is 36.8 Å². The minimum Gasteiger partial charge on any atom is -0.337 e. The largest absolute Gasteiger partial charge is 0.337 e. The van der Waals surface area contributed by atoms with Crippen molar-refractivity contribution in [2.45, 2.75) is 18.4 Å². The van der Waals surface area contributed by atoms with Crippen molar-refractivity contribution in [3.05, 3.63) is 89.5 Å². The van der Waals surface area contributed by atoms with E-state index in [-0.39, 0.29) is 17.0 Å². The summed E-state index contributed by atoms with van der Waals surface area (Å²) in [6.45, 7) is 1.80. The van der Waals surface area contributed by atoms with Crippen LogP contribution < -0.4 is 4.72 Å². The molecule has 0 aliphatic rings. The SMILES string of the molecule is Cc1cncc(NS(=O)(=O)c2ccccc2C(=O)N(C)Cc2ccccc2F)c1. The lowest BCUT2D eigenvalue weighted by Gasteiger charge is -2.20. The van der Waals surface area contributed by atoms with Crippen molar-refractivity contribution < 1.29 is 17.6 Å². The summed E-state index contributed by atoms with van der Waals surface area (Å²) in [6, 6.07) is 13.7. The van der Waals surface area contributed by atoms with Crippen LogP contribution in [0.3, 0.4) is 0 Å². The first-order valence-electron chi connectivity index (χ1n) is 8.80. The number of benzene rings is 2. The molecule has 0 bridgehead atoms. The second kappa shape index (κ2) is 8.40. The van der Waals surface area contributed by atoms with Crippen LogP contribution in [0.25, 0.3) is 0 Å². The minimum absolute atomic E-state index is 0.000508. The van der Waals surface area contributed by atoms with Crippen molar-refractivity contribution in [3.8, 4) is 0 Å². The van der Waals surface area contributed by atoms with Gasteiger partial charge in [0.2, 0.25) is 0 Å². The third-order valence-corrected chi connectivity index (χ3v) is 5.69. The second-order valence-corrected chi connectivity index (χ2v) is 8.26. The van der Waals surface area contributed by atoms with E-state index in [9.17, 15) is 17.6 Å². The van der Waals surface area contributed by atoms with Crippen LogP contribution in [0.1, 0.15) is 21.5 Å². The number of carbonyl (C=O) groups excluding carboxylic acids is 1. The van der Waals surface area contributed by atoms with Crippen LogP contribution in [0.4, 0.5) is 10.1 Å². The zero-order chi connectivity index (χ0) is 21.0. The Balaban J connectivity index is 1.89. The highest BCUT2D eigenvalue weighted by molar-refractivity contribution is 7.92. The van der Waals surface area contributed by atoms with E-state index in [0.717, 1.165) is 5.56 Å². The standard InChI is InChI=1S/C21H20FN3O3S/c1-15-11-17(13-23-12-15)24-29(27,28)20-10-6-4-8-18(20)21(26)25(2)14-16-7-3-5-9-19(16)22/h3-13,24H,14H2,1-2H3. The molecule has 0 fully saturated rings. The van der Waals surface area contributed by atoms with Gasteiger partial charge in [0.1, 0.15) is 10.7 Å². The fraction of sp³-hybridized carbons (Fsp3) is 0.143. The zero-order valence-electron chi connectivity index (χ0n) is 16.0. The normalized spacial score (nSPS) is 11.1. The molecule has 6 nitrogen and oxygen atoms in total. The Kier molecular flexibility index (Phi) is 5.93. The quantitative estimate of drug-likeness (QED) is 0.670. The first-order valence-corrected chi connectivity index (χ1v) is 10.3. The molecular formula is C21H20FN3O3S. The number of hydrogen-bond acceptors (Lipinski definition) is 4. The fourth-order valence-corrected chi connectivity index (χ4v) is 4.09. The maximum atomic E-state index is 13.9. The third kappa shape index (κ3) is 4.78. The minimum atomic E-state index is -4.03. The van der Waals surface area contributed by atoms with E-state index in [1.807, 2.05) is 0 Å². The van der Waals surface area contributed by atoms with Crippen LogP contribution in [0, 0.1) is 12.7 Å². The highest BCUT2D eigenvalue weighted by atomic mass is 32.2. The van der Waals surface area contributed by atoms with E-state index in [1.54, 1.807) is 43.5 Å². The van der Waals surface area contributed by atoms with Crippen LogP contribution in [0.5, 0.6) is 0 Å². The maximum Gasteiger partial charge on any atom is 0.262 e. The second-order valence-electron chi connectivity index (χ2n) is 6.61. The average Bonchev–Trinajstić information content (AvgIpc) is 2.69. The number of halogens is 1. The predicted octanol–water partition coefficient (Wildman–Crippen LogP) is 3.60. The molecular weight excluding hydrogens is 393 g/mol. The van der Waals surface area contributed by atoms with Crippen molar-refractivity contribution in [2.75, 3.05) is 11.8 Å². The molecule has 0 aliphatic heterocycles. The molecule has 0 spiro atoms. The van der Waals surface area contributed by atoms with Crippen molar-refractivity contribution in [2.24, 2.45) is 0 Å². The smallest absolute Gasteiger partial charge is 0.262 e. The number of anilines is 1. The van der Waals surface area contributed by atoms with Crippen molar-refractivity contribution in [1.29, 1.82) is 0 Å². The van der Waals surface area contributed by atoms with Crippen molar-refractivity contribution >= 4 is 21.6 Å². The lowest BCUT2D eigenvalue weighted by atomic mass is 10.1. The van der Waals surface area contributed by atoms with E-state index < -0.39 is 21.7 Å². The summed E-state index contributed by atoms with van der Waals surface area (Å²) in [5, 5.41) is 0. The molecule has 0 radical (unpaired) electrons. The van der Waals surface area contributed by atoms with Gasteiger partial charge < -0.3 is 4.90 Å². The summed E-state index contributed by atoms with van der Waals surface area (Å²) in [5.74, 6) is -0.960. The van der Waals surface area contributed by atoms with E-state index in [4.69, 9.17) is 0 Å². The number of hydrogen-bond donors (Lipinski definition) is 1. The van der Waals surface area contributed by atoms with Crippen LogP contribution in [0.2, 0.25) is 0 Å². The molecule has 1 N–H and O–H groups in total. The summed E-state index contributed by atoms with van der Waals surface area (Å²) in [4.78, 5) is 18.0. The number of rotatable bonds is 6. The van der Waals surface area contributed by atoms with E-state index in [2.05, 4.69) is 9.71 Å². The number of aromatic nitrogens is 1. The summed E-state index contributed by atoms with van der Waals surface area (Å²) in [5.41, 5.74) is 1.43. The van der Waals surface area contributed by atoms with Gasteiger partial charge in [0.15, 0.2) is 0 Å². The molecule has 3 rings (SSSR count). The van der Waals surface area contributed by atoms with Crippen LogP contribution in [0.15, 0.2) is 71.9 Å². The van der Waals surface area contributed by atoms with Gasteiger partial charge in [-0.25, -0.2) is 12.8 Å². The molecule has 1 amide bonds. The Bertz CT molecular complexity index is 1150. The maximum absolute atomic E-state index is 13.9. The molecule has 1 aromatic heterocycles. The Morgan fingerprint density at radius 2 is 1.79 bits per heavy atom. The molecule has 0 atom stereocenters. The van der Waals surface area contributed by atoms with Crippen molar-refractivity contribution in [1.82, 2.24) is 9.88 Å². The molecule has 0 saturated heterocycles. The average molecular weight is 413 g/mol. The highest BCUT2D eigenvalue weighted by Gasteiger charge is 2.24. The van der Waals surface area contributed by atoms with Gasteiger partial charge in [-0.15, -0.1) is 0 Å². The number of carbonyl (C=O) groups is 1. The Hall–Kier alpha value is -3.26. The molecule has 0 saturated carbocycles. The fourth-order valence-electron chi connectivity index (χ4n) is 2.86. The first kappa shape index (κ1) is 20.5. The van der Waals surface area contributed by atoms with Gasteiger partial charge in [-0.2, -0.15) is 0 Å². The van der Waals surface area contributed by atoms with Gasteiger partial charge >= 0.3 is 0 Å². The van der Waals surface area contributed by atoms with E-state index in [1.165, 1.54) is 42.4 Å². The van der Waals surface area contributed by atoms with Gasteiger partial charge in [0, 0.05) is 25.4 Å². The number of aryl methyl sites for hydroxylation is 1. The van der Waals surface area contributed by atoms with Crippen LogP contribution >= 0.6 is 0 Å². The molecule has 2 aromatic carbocycles. The van der Waals surface area contributed by atoms with Crippen LogP contribution in [-0.2, 0) is 16.6 Å². The van der Waals surface area contributed by atoms with Crippen LogP contribution in [-0.4, -0.2) is 31.3 Å². The lowest BCUT2D eigenvalue weighted by molar-refractivity contribution is 0.0780. The van der Waals surface area contributed by atoms with E-state index >= 15 is 0 Å². The van der Waals surface area contributed by atoms with Gasteiger partial charge in [-0.1, -0.05) is 30.3 Å². The molecule has 0 unspecified atom stereocenters. The molecule has 1 heterocycles. The number of amides is 1. The number of nitrogens with one attached hydrogen (secondary N) is 1. The monoisotopic (exact) mass is 413 g/mol. The number of sulfonamides is 1. The lowest BCUT2D eigenvalue weighted by Crippen LogP contribution is -2.29. The van der Waals surface area contributed by atoms with Gasteiger partial charge in [-0.3, -0.25) is 14.5 Å². The Morgan fingerprint density at radius 1 is 1.10 bits per heavy atom. The number of pyridine rings is 1. The molecule has 3 aromatic rings. The number of nitrogens with zero attached hydrogens (tertiary/aromatic N) is 2. The zero-order valence-corrected chi connectivity index (χ0v) is 16.8. The third-order valence-electron chi connectivity index (χ3n) is 4.25. The summed E-state index contributed by atoms with van der Waals surface area (Å²) >= 11 is 0. The Labute approximate surface area is 169 Å². The molecule has 0 aliphatic carbocycles. The summed E-state index contributed by atoms with van der Waals surface area (Å²) < 4.78 is 42.2. The first-order chi connectivity index (χ1) is 13.8. The predicted molar refractivity (Wildman–Crippen MR) is 108 cm³/mol. The molecule has 29 heavy (non-hydrogen) atoms. The molecule has 150 valence electrons. The highest BCUT2D eigenvalue weighted by Crippen LogP contribution is 2.22. The van der Waals surface area contributed by atoms with Gasteiger partial charge in [0.05, 0.1) is 17.4 Å². The van der Waals surface area contributed by atoms with E-state index in [0.29, 0.717) is 11.3 Å². The Morgan fingerprint density at radius 3 is 2.52 bits per heavy atom. The topological polar surface area (TPSA) is 79.4 Å². The van der Waals surface area contributed by atoms with Crippen molar-refractivity contribution in [3.63, 3.8) is 0 Å². The van der Waals surface area contributed by atoms with Gasteiger partial charge in [0.25, 0.3) is 15.9 Å². The molecule has 8 heteroatoms. The summed E-state index contributed by atoms with van der Waals surface area (Å²) in [6.07, 6.45) is 2.99.